The number of hydrogen-bond donors (Lipinski definition) is 1. The Kier molecular flexibility index (Phi) is 5.25. The molecule has 0 aliphatic carbocycles. The van der Waals surface area contributed by atoms with Gasteiger partial charge in [0.2, 0.25) is 0 Å². The number of nitro groups is 1. The van der Waals surface area contributed by atoms with Crippen LogP contribution >= 0.6 is 0 Å². The lowest BCUT2D eigenvalue weighted by Gasteiger charge is -2.09. The van der Waals surface area contributed by atoms with Gasteiger partial charge in [-0.25, -0.2) is 8.42 Å². The number of nitro benzene ring substituents is 1. The first kappa shape index (κ1) is 15.4. The quantitative estimate of drug-likeness (QED) is 0.454. The molecular weight excluding hydrogens is 274 g/mol. The SMILES string of the molecule is CS(=O)(=O)CCCOc1ccc([N+](=O)[O-])cc1CO. The van der Waals surface area contributed by atoms with Crippen molar-refractivity contribution >= 4 is 15.5 Å². The van der Waals surface area contributed by atoms with Crippen LogP contribution in [0.2, 0.25) is 0 Å². The van der Waals surface area contributed by atoms with E-state index in [0.29, 0.717) is 17.7 Å². The van der Waals surface area contributed by atoms with Gasteiger partial charge >= 0.3 is 0 Å². The molecule has 0 amide bonds. The standard InChI is InChI=1S/C11H15NO6S/c1-19(16,17)6-2-5-18-11-4-3-10(12(14)15)7-9(11)8-13/h3-4,7,13H,2,5-6,8H2,1H3. The molecule has 0 saturated heterocycles. The van der Waals surface area contributed by atoms with Crippen LogP contribution in [0.3, 0.4) is 0 Å². The smallest absolute Gasteiger partial charge is 0.270 e. The van der Waals surface area contributed by atoms with Crippen LogP contribution in [0.5, 0.6) is 5.75 Å². The van der Waals surface area contributed by atoms with Gasteiger partial charge in [-0.05, 0) is 12.5 Å². The first-order valence-corrected chi connectivity index (χ1v) is 7.58. The third kappa shape index (κ3) is 5.23. The van der Waals surface area contributed by atoms with Gasteiger partial charge in [0.25, 0.3) is 5.69 Å². The number of hydrogen-bond acceptors (Lipinski definition) is 6. The first-order valence-electron chi connectivity index (χ1n) is 5.52. The number of aliphatic hydroxyl groups excluding tert-OH is 1. The molecule has 0 spiro atoms. The van der Waals surface area contributed by atoms with E-state index in [1.807, 2.05) is 0 Å². The number of rotatable bonds is 7. The van der Waals surface area contributed by atoms with E-state index in [0.717, 1.165) is 6.26 Å². The molecule has 1 aromatic rings. The zero-order valence-corrected chi connectivity index (χ0v) is 11.2. The van der Waals surface area contributed by atoms with Gasteiger partial charge in [-0.1, -0.05) is 0 Å². The van der Waals surface area contributed by atoms with Crippen LogP contribution in [0.4, 0.5) is 5.69 Å². The van der Waals surface area contributed by atoms with E-state index in [1.54, 1.807) is 0 Å². The highest BCUT2D eigenvalue weighted by Gasteiger charge is 2.11. The third-order valence-electron chi connectivity index (χ3n) is 2.34. The van der Waals surface area contributed by atoms with Crippen molar-refractivity contribution in [2.75, 3.05) is 18.6 Å². The largest absolute Gasteiger partial charge is 0.493 e. The van der Waals surface area contributed by atoms with Gasteiger partial charge in [0.1, 0.15) is 15.6 Å². The van der Waals surface area contributed by atoms with Crippen LogP contribution in [0, 0.1) is 10.1 Å². The Morgan fingerprint density at radius 3 is 2.63 bits per heavy atom. The molecule has 1 rings (SSSR count). The molecule has 0 heterocycles. The third-order valence-corrected chi connectivity index (χ3v) is 3.37. The van der Waals surface area contributed by atoms with Crippen molar-refractivity contribution in [2.45, 2.75) is 13.0 Å². The first-order chi connectivity index (χ1) is 8.83. The molecule has 0 fully saturated rings. The normalized spacial score (nSPS) is 11.3. The summed E-state index contributed by atoms with van der Waals surface area (Å²) < 4.78 is 27.1. The van der Waals surface area contributed by atoms with Crippen molar-refractivity contribution in [2.24, 2.45) is 0 Å². The summed E-state index contributed by atoms with van der Waals surface area (Å²) in [6, 6.07) is 3.89. The summed E-state index contributed by atoms with van der Waals surface area (Å²) in [5.74, 6) is 0.329. The van der Waals surface area contributed by atoms with Crippen molar-refractivity contribution < 1.29 is 23.2 Å². The van der Waals surface area contributed by atoms with Crippen molar-refractivity contribution in [1.82, 2.24) is 0 Å². The van der Waals surface area contributed by atoms with Crippen molar-refractivity contribution in [1.29, 1.82) is 0 Å². The Hall–Kier alpha value is -1.67. The maximum absolute atomic E-state index is 10.9. The molecule has 19 heavy (non-hydrogen) atoms. The highest BCUT2D eigenvalue weighted by atomic mass is 32.2. The maximum atomic E-state index is 10.9. The lowest BCUT2D eigenvalue weighted by molar-refractivity contribution is -0.385. The molecule has 0 saturated carbocycles. The number of non-ortho nitro benzene ring substituents is 1. The Morgan fingerprint density at radius 1 is 1.42 bits per heavy atom. The lowest BCUT2D eigenvalue weighted by Crippen LogP contribution is -2.08. The van der Waals surface area contributed by atoms with E-state index in [9.17, 15) is 18.5 Å². The molecule has 1 N–H and O–H groups in total. The van der Waals surface area contributed by atoms with Crippen LogP contribution in [0.15, 0.2) is 18.2 Å². The minimum atomic E-state index is -3.03. The molecule has 106 valence electrons. The van der Waals surface area contributed by atoms with Gasteiger partial charge < -0.3 is 9.84 Å². The van der Waals surface area contributed by atoms with E-state index >= 15 is 0 Å². The summed E-state index contributed by atoms with van der Waals surface area (Å²) >= 11 is 0. The minimum absolute atomic E-state index is 0.00837. The lowest BCUT2D eigenvalue weighted by atomic mass is 10.2. The Morgan fingerprint density at radius 2 is 2.11 bits per heavy atom. The zero-order valence-electron chi connectivity index (χ0n) is 10.4. The predicted octanol–water partition coefficient (Wildman–Crippen LogP) is 0.901. The Balaban J connectivity index is 2.66. The molecule has 8 heteroatoms. The fraction of sp³-hybridized carbons (Fsp3) is 0.455. The van der Waals surface area contributed by atoms with Crippen LogP contribution < -0.4 is 4.74 Å². The second-order valence-electron chi connectivity index (χ2n) is 4.04. The van der Waals surface area contributed by atoms with Gasteiger partial charge in [0, 0.05) is 24.0 Å². The summed E-state index contributed by atoms with van der Waals surface area (Å²) in [5, 5.41) is 19.7. The zero-order chi connectivity index (χ0) is 14.5. The van der Waals surface area contributed by atoms with Gasteiger partial charge in [-0.2, -0.15) is 0 Å². The molecule has 1 aromatic carbocycles. The number of sulfone groups is 1. The fourth-order valence-electron chi connectivity index (χ4n) is 1.45. The van der Waals surface area contributed by atoms with E-state index in [2.05, 4.69) is 0 Å². The summed E-state index contributed by atoms with van der Waals surface area (Å²) in [6.07, 6.45) is 1.46. The average Bonchev–Trinajstić information content (AvgIpc) is 2.33. The summed E-state index contributed by atoms with van der Waals surface area (Å²) in [4.78, 5) is 10.0. The Labute approximate surface area is 110 Å². The predicted molar refractivity (Wildman–Crippen MR) is 68.8 cm³/mol. The number of nitrogens with zero attached hydrogens (tertiary/aromatic N) is 1. The molecule has 0 aliphatic rings. The van der Waals surface area contributed by atoms with Gasteiger partial charge in [0.05, 0.1) is 23.9 Å². The van der Waals surface area contributed by atoms with E-state index in [4.69, 9.17) is 9.84 Å². The van der Waals surface area contributed by atoms with E-state index < -0.39 is 14.8 Å². The van der Waals surface area contributed by atoms with Gasteiger partial charge in [-0.15, -0.1) is 0 Å². The molecule has 0 bridgehead atoms. The van der Waals surface area contributed by atoms with Crippen LogP contribution in [0.25, 0.3) is 0 Å². The molecule has 0 atom stereocenters. The summed E-state index contributed by atoms with van der Waals surface area (Å²) in [7, 11) is -3.03. The molecular formula is C11H15NO6S. The van der Waals surface area contributed by atoms with Crippen molar-refractivity contribution in [3.8, 4) is 5.75 Å². The highest BCUT2D eigenvalue weighted by molar-refractivity contribution is 7.90. The molecule has 0 aromatic heterocycles. The van der Waals surface area contributed by atoms with Gasteiger partial charge in [0.15, 0.2) is 0 Å². The highest BCUT2D eigenvalue weighted by Crippen LogP contribution is 2.24. The summed E-state index contributed by atoms with van der Waals surface area (Å²) in [5.41, 5.74) is 0.168. The van der Waals surface area contributed by atoms with Crippen molar-refractivity contribution in [3.63, 3.8) is 0 Å². The summed E-state index contributed by atoms with van der Waals surface area (Å²) in [6.45, 7) is -0.221. The molecule has 7 nitrogen and oxygen atoms in total. The minimum Gasteiger partial charge on any atom is -0.493 e. The average molecular weight is 289 g/mol. The number of ether oxygens (including phenoxy) is 1. The van der Waals surface area contributed by atoms with Crippen molar-refractivity contribution in [3.05, 3.63) is 33.9 Å². The van der Waals surface area contributed by atoms with E-state index in [-0.39, 0.29) is 24.7 Å². The van der Waals surface area contributed by atoms with Crippen LogP contribution in [0.1, 0.15) is 12.0 Å². The van der Waals surface area contributed by atoms with Crippen LogP contribution in [-0.2, 0) is 16.4 Å². The molecule has 0 aliphatic heterocycles. The monoisotopic (exact) mass is 289 g/mol. The number of aliphatic hydroxyl groups is 1. The number of benzene rings is 1. The topological polar surface area (TPSA) is 107 Å². The second-order valence-corrected chi connectivity index (χ2v) is 6.30. The maximum Gasteiger partial charge on any atom is 0.270 e. The Bertz CT molecular complexity index is 554. The molecule has 0 radical (unpaired) electrons. The second kappa shape index (κ2) is 6.48. The van der Waals surface area contributed by atoms with Gasteiger partial charge in [-0.3, -0.25) is 10.1 Å². The van der Waals surface area contributed by atoms with E-state index in [1.165, 1.54) is 18.2 Å². The fourth-order valence-corrected chi connectivity index (χ4v) is 2.09. The molecule has 0 unspecified atom stereocenters. The van der Waals surface area contributed by atoms with Crippen LogP contribution in [-0.4, -0.2) is 37.1 Å².